The van der Waals surface area contributed by atoms with E-state index in [0.29, 0.717) is 24.9 Å². The second kappa shape index (κ2) is 10.3. The van der Waals surface area contributed by atoms with Crippen LogP contribution in [0.1, 0.15) is 32.0 Å². The van der Waals surface area contributed by atoms with Crippen LogP contribution < -0.4 is 10.1 Å². The van der Waals surface area contributed by atoms with E-state index in [0.717, 1.165) is 38.2 Å². The molecule has 0 aliphatic rings. The van der Waals surface area contributed by atoms with Crippen molar-refractivity contribution < 1.29 is 9.47 Å². The topological polar surface area (TPSA) is 59.5 Å². The third kappa shape index (κ3) is 7.82. The van der Waals surface area contributed by atoms with E-state index >= 15 is 0 Å². The van der Waals surface area contributed by atoms with Gasteiger partial charge in [-0.1, -0.05) is 13.3 Å². The Kier molecular flexibility index (Phi) is 8.69. The van der Waals surface area contributed by atoms with Gasteiger partial charge in [-0.2, -0.15) is 4.98 Å². The zero-order chi connectivity index (χ0) is 15.5. The van der Waals surface area contributed by atoms with Crippen LogP contribution in [0.3, 0.4) is 0 Å². The molecule has 0 spiro atoms. The minimum absolute atomic E-state index is 0.386. The second-order valence-corrected chi connectivity index (χ2v) is 5.23. The number of hydrogen-bond donors (Lipinski definition) is 1. The van der Waals surface area contributed by atoms with E-state index in [2.05, 4.69) is 41.2 Å². The first-order chi connectivity index (χ1) is 10.2. The van der Waals surface area contributed by atoms with Gasteiger partial charge >= 0.3 is 0 Å². The van der Waals surface area contributed by atoms with Gasteiger partial charge in [0.05, 0.1) is 6.61 Å². The molecular formula is C15H28N4O2. The van der Waals surface area contributed by atoms with E-state index in [1.807, 2.05) is 6.07 Å². The highest BCUT2D eigenvalue weighted by atomic mass is 16.5. The first kappa shape index (κ1) is 17.7. The SMILES string of the molecule is CCCCOc1cc(NCCCN(C)C)nc(COC)n1. The number of unbranched alkanes of at least 4 members (excludes halogenated alkanes) is 1. The highest BCUT2D eigenvalue weighted by molar-refractivity contribution is 5.38. The van der Waals surface area contributed by atoms with Gasteiger partial charge in [-0.3, -0.25) is 0 Å². The monoisotopic (exact) mass is 296 g/mol. The van der Waals surface area contributed by atoms with Gasteiger partial charge in [0.25, 0.3) is 0 Å². The van der Waals surface area contributed by atoms with Crippen LogP contribution in [0.25, 0.3) is 0 Å². The number of aromatic nitrogens is 2. The summed E-state index contributed by atoms with van der Waals surface area (Å²) in [7, 11) is 5.78. The summed E-state index contributed by atoms with van der Waals surface area (Å²) in [6, 6.07) is 1.85. The molecule has 0 aliphatic heterocycles. The molecule has 1 N–H and O–H groups in total. The predicted molar refractivity (Wildman–Crippen MR) is 84.8 cm³/mol. The molecule has 120 valence electrons. The van der Waals surface area contributed by atoms with Crippen molar-refractivity contribution in [3.63, 3.8) is 0 Å². The highest BCUT2D eigenvalue weighted by Crippen LogP contribution is 2.14. The summed E-state index contributed by atoms with van der Waals surface area (Å²) in [5, 5.41) is 3.32. The van der Waals surface area contributed by atoms with Gasteiger partial charge < -0.3 is 19.7 Å². The molecule has 0 radical (unpaired) electrons. The Morgan fingerprint density at radius 1 is 1.24 bits per heavy atom. The van der Waals surface area contributed by atoms with Gasteiger partial charge in [0.15, 0.2) is 5.82 Å². The van der Waals surface area contributed by atoms with Crippen molar-refractivity contribution in [2.75, 3.05) is 46.2 Å². The van der Waals surface area contributed by atoms with E-state index in [9.17, 15) is 0 Å². The average molecular weight is 296 g/mol. The smallest absolute Gasteiger partial charge is 0.218 e. The third-order valence-corrected chi connectivity index (χ3v) is 2.86. The summed E-state index contributed by atoms with van der Waals surface area (Å²) in [5.41, 5.74) is 0. The Morgan fingerprint density at radius 2 is 2.05 bits per heavy atom. The number of methoxy groups -OCH3 is 1. The van der Waals surface area contributed by atoms with Crippen LogP contribution in [0.5, 0.6) is 5.88 Å². The quantitative estimate of drug-likeness (QED) is 0.632. The fraction of sp³-hybridized carbons (Fsp3) is 0.733. The van der Waals surface area contributed by atoms with Gasteiger partial charge in [0.1, 0.15) is 12.4 Å². The molecule has 0 aromatic carbocycles. The lowest BCUT2D eigenvalue weighted by Crippen LogP contribution is -2.17. The Balaban J connectivity index is 2.58. The molecule has 0 fully saturated rings. The number of hydrogen-bond acceptors (Lipinski definition) is 6. The first-order valence-electron chi connectivity index (χ1n) is 7.54. The average Bonchev–Trinajstić information content (AvgIpc) is 2.44. The number of nitrogens with zero attached hydrogens (tertiary/aromatic N) is 3. The van der Waals surface area contributed by atoms with Crippen molar-refractivity contribution in [1.82, 2.24) is 14.9 Å². The molecule has 1 aromatic rings. The van der Waals surface area contributed by atoms with Crippen molar-refractivity contribution in [2.45, 2.75) is 32.8 Å². The van der Waals surface area contributed by atoms with Crippen molar-refractivity contribution >= 4 is 5.82 Å². The molecule has 0 aliphatic carbocycles. The van der Waals surface area contributed by atoms with Crippen LogP contribution in [-0.4, -0.2) is 55.8 Å². The van der Waals surface area contributed by atoms with Crippen molar-refractivity contribution in [1.29, 1.82) is 0 Å². The Morgan fingerprint density at radius 3 is 2.71 bits per heavy atom. The van der Waals surface area contributed by atoms with Crippen molar-refractivity contribution in [3.8, 4) is 5.88 Å². The highest BCUT2D eigenvalue weighted by Gasteiger charge is 2.05. The molecule has 1 rings (SSSR count). The molecule has 6 heteroatoms. The number of rotatable bonds is 11. The van der Waals surface area contributed by atoms with Gasteiger partial charge in [-0.25, -0.2) is 4.98 Å². The summed E-state index contributed by atoms with van der Waals surface area (Å²) in [6.07, 6.45) is 3.18. The van der Waals surface area contributed by atoms with Crippen molar-refractivity contribution in [2.24, 2.45) is 0 Å². The molecular weight excluding hydrogens is 268 g/mol. The zero-order valence-corrected chi connectivity index (χ0v) is 13.7. The molecule has 1 heterocycles. The minimum Gasteiger partial charge on any atom is -0.478 e. The maximum absolute atomic E-state index is 5.66. The van der Waals surface area contributed by atoms with Gasteiger partial charge in [-0.05, 0) is 33.5 Å². The summed E-state index contributed by atoms with van der Waals surface area (Å²) in [6.45, 7) is 5.12. The third-order valence-electron chi connectivity index (χ3n) is 2.86. The zero-order valence-electron chi connectivity index (χ0n) is 13.7. The van der Waals surface area contributed by atoms with Crippen LogP contribution in [-0.2, 0) is 11.3 Å². The van der Waals surface area contributed by atoms with Crippen LogP contribution in [0.2, 0.25) is 0 Å². The molecule has 0 amide bonds. The van der Waals surface area contributed by atoms with Gasteiger partial charge in [-0.15, -0.1) is 0 Å². The summed E-state index contributed by atoms with van der Waals surface area (Å²) >= 11 is 0. The predicted octanol–water partition coefficient (Wildman–Crippen LogP) is 2.17. The normalized spacial score (nSPS) is 10.9. The molecule has 0 unspecified atom stereocenters. The van der Waals surface area contributed by atoms with Gasteiger partial charge in [0, 0.05) is 19.7 Å². The van der Waals surface area contributed by atoms with E-state index in [1.165, 1.54) is 0 Å². The number of nitrogens with one attached hydrogen (secondary N) is 1. The lowest BCUT2D eigenvalue weighted by molar-refractivity contribution is 0.176. The van der Waals surface area contributed by atoms with E-state index < -0.39 is 0 Å². The molecule has 0 saturated carbocycles. The van der Waals surface area contributed by atoms with E-state index in [-0.39, 0.29) is 0 Å². The van der Waals surface area contributed by atoms with Crippen LogP contribution in [0.15, 0.2) is 6.07 Å². The summed E-state index contributed by atoms with van der Waals surface area (Å²) in [4.78, 5) is 10.9. The number of anilines is 1. The van der Waals surface area contributed by atoms with Crippen LogP contribution >= 0.6 is 0 Å². The van der Waals surface area contributed by atoms with Crippen LogP contribution in [0.4, 0.5) is 5.82 Å². The lowest BCUT2D eigenvalue weighted by atomic mass is 10.4. The maximum atomic E-state index is 5.66. The maximum Gasteiger partial charge on any atom is 0.218 e. The molecule has 0 saturated heterocycles. The Hall–Kier alpha value is -1.40. The standard InChI is InChI=1S/C15H28N4O2/c1-5-6-10-21-15-11-13(16-8-7-9-19(2)3)17-14(18-15)12-20-4/h11H,5-10,12H2,1-4H3,(H,16,17,18). The first-order valence-corrected chi connectivity index (χ1v) is 7.54. The largest absolute Gasteiger partial charge is 0.478 e. The molecule has 0 atom stereocenters. The van der Waals surface area contributed by atoms with Crippen LogP contribution in [0, 0.1) is 0 Å². The molecule has 1 aromatic heterocycles. The Bertz CT molecular complexity index is 399. The van der Waals surface area contributed by atoms with E-state index in [1.54, 1.807) is 7.11 Å². The van der Waals surface area contributed by atoms with Gasteiger partial charge in [0.2, 0.25) is 5.88 Å². The number of ether oxygens (including phenoxy) is 2. The van der Waals surface area contributed by atoms with E-state index in [4.69, 9.17) is 9.47 Å². The lowest BCUT2D eigenvalue weighted by Gasteiger charge is -2.12. The fourth-order valence-corrected chi connectivity index (χ4v) is 1.76. The van der Waals surface area contributed by atoms with Crippen molar-refractivity contribution in [3.05, 3.63) is 11.9 Å². The summed E-state index contributed by atoms with van der Waals surface area (Å²) < 4.78 is 10.8. The summed E-state index contributed by atoms with van der Waals surface area (Å²) in [5.74, 6) is 2.05. The minimum atomic E-state index is 0.386. The fourth-order valence-electron chi connectivity index (χ4n) is 1.76. The molecule has 6 nitrogen and oxygen atoms in total. The Labute approximate surface area is 127 Å². The second-order valence-electron chi connectivity index (χ2n) is 5.23. The molecule has 21 heavy (non-hydrogen) atoms. The molecule has 0 bridgehead atoms.